The third kappa shape index (κ3) is 6.19. The van der Waals surface area contributed by atoms with Gasteiger partial charge < -0.3 is 15.4 Å². The van der Waals surface area contributed by atoms with Gasteiger partial charge in [-0.3, -0.25) is 9.59 Å². The average molecular weight is 417 g/mol. The quantitative estimate of drug-likeness (QED) is 0.543. The molecule has 0 radical (unpaired) electrons. The van der Waals surface area contributed by atoms with Crippen molar-refractivity contribution in [3.05, 3.63) is 101 Å². The lowest BCUT2D eigenvalue weighted by molar-refractivity contribution is -0.121. The Hall–Kier alpha value is -3.60. The molecule has 0 saturated carbocycles. The maximum Gasteiger partial charge on any atom is 0.251 e. The number of carbonyl (C=O) groups is 2. The highest BCUT2D eigenvalue weighted by atomic mass is 16.5. The van der Waals surface area contributed by atoms with Gasteiger partial charge in [-0.25, -0.2) is 0 Å². The summed E-state index contributed by atoms with van der Waals surface area (Å²) in [6.45, 7) is 4.71. The van der Waals surface area contributed by atoms with E-state index >= 15 is 0 Å². The molecule has 0 fully saturated rings. The van der Waals surface area contributed by atoms with Gasteiger partial charge in [-0.05, 0) is 48.7 Å². The van der Waals surface area contributed by atoms with Gasteiger partial charge >= 0.3 is 0 Å². The third-order valence-corrected chi connectivity index (χ3v) is 4.99. The molecule has 3 rings (SSSR count). The molecule has 3 aromatic carbocycles. The number of ether oxygens (including phenoxy) is 1. The molecule has 0 aromatic heterocycles. The molecule has 31 heavy (non-hydrogen) atoms. The molecule has 2 N–H and O–H groups in total. The minimum Gasteiger partial charge on any atom is -0.494 e. The van der Waals surface area contributed by atoms with E-state index in [1.54, 1.807) is 6.07 Å². The summed E-state index contributed by atoms with van der Waals surface area (Å²) in [6, 6.07) is 24.7. The zero-order chi connectivity index (χ0) is 22.1. The van der Waals surface area contributed by atoms with Crippen LogP contribution in [-0.4, -0.2) is 25.0 Å². The van der Waals surface area contributed by atoms with E-state index in [1.807, 2.05) is 86.6 Å². The van der Waals surface area contributed by atoms with Crippen LogP contribution in [0.1, 0.15) is 46.4 Å². The number of benzene rings is 3. The summed E-state index contributed by atoms with van der Waals surface area (Å²) >= 11 is 0. The molecule has 5 nitrogen and oxygen atoms in total. The number of aryl methyl sites for hydroxylation is 1. The van der Waals surface area contributed by atoms with Crippen molar-refractivity contribution in [3.8, 4) is 5.75 Å². The van der Waals surface area contributed by atoms with E-state index < -0.39 is 0 Å². The van der Waals surface area contributed by atoms with Gasteiger partial charge in [0.05, 0.1) is 12.6 Å². The molecule has 1 atom stereocenters. The topological polar surface area (TPSA) is 67.4 Å². The number of carbonyl (C=O) groups excluding carboxylic acids is 2. The van der Waals surface area contributed by atoms with E-state index in [0.29, 0.717) is 12.2 Å². The average Bonchev–Trinajstić information content (AvgIpc) is 2.79. The van der Waals surface area contributed by atoms with Crippen LogP contribution in [0.25, 0.3) is 0 Å². The summed E-state index contributed by atoms with van der Waals surface area (Å²) < 4.78 is 5.52. The molecule has 160 valence electrons. The fourth-order valence-electron chi connectivity index (χ4n) is 3.37. The summed E-state index contributed by atoms with van der Waals surface area (Å²) in [5, 5.41) is 5.92. The maximum atomic E-state index is 12.7. The SMILES string of the molecule is CCOc1ccc([C@H](NC(=O)CCNC(=O)c2ccccc2C)c2ccccc2)cc1. The standard InChI is InChI=1S/C26H28N2O3/c1-3-31-22-15-13-21(14-16-22)25(20-10-5-4-6-11-20)28-24(29)17-18-27-26(30)23-12-8-7-9-19(23)2/h4-16,25H,3,17-18H2,1-2H3,(H,27,30)(H,28,29)/t25-/m1/s1. The fraction of sp³-hybridized carbons (Fsp3) is 0.231. The van der Waals surface area contributed by atoms with Crippen LogP contribution >= 0.6 is 0 Å². The first-order chi connectivity index (χ1) is 15.1. The van der Waals surface area contributed by atoms with Crippen molar-refractivity contribution < 1.29 is 14.3 Å². The van der Waals surface area contributed by atoms with Crippen LogP contribution in [0.4, 0.5) is 0 Å². The van der Waals surface area contributed by atoms with E-state index in [2.05, 4.69) is 10.6 Å². The highest BCUT2D eigenvalue weighted by Gasteiger charge is 2.17. The molecule has 0 unspecified atom stereocenters. The second kappa shape index (κ2) is 11.0. The van der Waals surface area contributed by atoms with E-state index in [4.69, 9.17) is 4.74 Å². The molecule has 0 aliphatic carbocycles. The fourth-order valence-corrected chi connectivity index (χ4v) is 3.37. The van der Waals surface area contributed by atoms with E-state index in [1.165, 1.54) is 0 Å². The Morgan fingerprint density at radius 3 is 2.19 bits per heavy atom. The summed E-state index contributed by atoms with van der Waals surface area (Å²) in [5.41, 5.74) is 3.49. The molecule has 3 aromatic rings. The molecule has 0 spiro atoms. The van der Waals surface area contributed by atoms with E-state index in [9.17, 15) is 9.59 Å². The second-order valence-corrected chi connectivity index (χ2v) is 7.23. The maximum absolute atomic E-state index is 12.7. The van der Waals surface area contributed by atoms with Crippen molar-refractivity contribution in [2.75, 3.05) is 13.2 Å². The first-order valence-electron chi connectivity index (χ1n) is 10.5. The number of hydrogen-bond acceptors (Lipinski definition) is 3. The normalized spacial score (nSPS) is 11.4. The zero-order valence-corrected chi connectivity index (χ0v) is 17.9. The first kappa shape index (κ1) is 22.1. The number of nitrogens with one attached hydrogen (secondary N) is 2. The minimum absolute atomic E-state index is 0.132. The van der Waals surface area contributed by atoms with Gasteiger partial charge in [-0.2, -0.15) is 0 Å². The van der Waals surface area contributed by atoms with Crippen molar-refractivity contribution in [2.45, 2.75) is 26.3 Å². The predicted molar refractivity (Wildman–Crippen MR) is 122 cm³/mol. The third-order valence-electron chi connectivity index (χ3n) is 4.99. The molecule has 0 heterocycles. The predicted octanol–water partition coefficient (Wildman–Crippen LogP) is 4.42. The monoisotopic (exact) mass is 416 g/mol. The molecular weight excluding hydrogens is 388 g/mol. The highest BCUT2D eigenvalue weighted by molar-refractivity contribution is 5.95. The summed E-state index contributed by atoms with van der Waals surface area (Å²) in [5.74, 6) is 0.494. The van der Waals surface area contributed by atoms with E-state index in [0.717, 1.165) is 22.4 Å². The first-order valence-corrected chi connectivity index (χ1v) is 10.5. The van der Waals surface area contributed by atoms with Gasteiger partial charge in [0, 0.05) is 18.5 Å². The molecule has 0 saturated heterocycles. The molecule has 0 aliphatic rings. The Morgan fingerprint density at radius 2 is 1.52 bits per heavy atom. The summed E-state index contributed by atoms with van der Waals surface area (Å²) in [7, 11) is 0. The van der Waals surface area contributed by atoms with Crippen molar-refractivity contribution in [1.29, 1.82) is 0 Å². The van der Waals surface area contributed by atoms with Crippen LogP contribution in [0.3, 0.4) is 0 Å². The molecule has 2 amide bonds. The van der Waals surface area contributed by atoms with Crippen molar-refractivity contribution in [2.24, 2.45) is 0 Å². The van der Waals surface area contributed by atoms with Crippen LogP contribution in [0.15, 0.2) is 78.9 Å². The van der Waals surface area contributed by atoms with Crippen molar-refractivity contribution in [1.82, 2.24) is 10.6 Å². The Balaban J connectivity index is 1.63. The Kier molecular flexibility index (Phi) is 7.82. The van der Waals surface area contributed by atoms with Crippen LogP contribution in [0, 0.1) is 6.92 Å². The second-order valence-electron chi connectivity index (χ2n) is 7.23. The number of amides is 2. The largest absolute Gasteiger partial charge is 0.494 e. The van der Waals surface area contributed by atoms with Crippen LogP contribution in [-0.2, 0) is 4.79 Å². The molecular formula is C26H28N2O3. The van der Waals surface area contributed by atoms with Gasteiger partial charge in [0.15, 0.2) is 0 Å². The van der Waals surface area contributed by atoms with E-state index in [-0.39, 0.29) is 30.8 Å². The van der Waals surface area contributed by atoms with Gasteiger partial charge in [-0.1, -0.05) is 60.7 Å². The number of hydrogen-bond donors (Lipinski definition) is 2. The highest BCUT2D eigenvalue weighted by Crippen LogP contribution is 2.24. The van der Waals surface area contributed by atoms with Crippen molar-refractivity contribution >= 4 is 11.8 Å². The lowest BCUT2D eigenvalue weighted by Gasteiger charge is -2.20. The zero-order valence-electron chi connectivity index (χ0n) is 17.9. The Bertz CT molecular complexity index is 1000. The summed E-state index contributed by atoms with van der Waals surface area (Å²) in [6.07, 6.45) is 0.192. The molecule has 0 aliphatic heterocycles. The smallest absolute Gasteiger partial charge is 0.251 e. The lowest BCUT2D eigenvalue weighted by Crippen LogP contribution is -2.33. The van der Waals surface area contributed by atoms with Gasteiger partial charge in [-0.15, -0.1) is 0 Å². The van der Waals surface area contributed by atoms with Gasteiger partial charge in [0.2, 0.25) is 5.91 Å². The van der Waals surface area contributed by atoms with Crippen LogP contribution < -0.4 is 15.4 Å². The summed E-state index contributed by atoms with van der Waals surface area (Å²) in [4.78, 5) is 25.0. The Labute approximate surface area is 183 Å². The lowest BCUT2D eigenvalue weighted by atomic mass is 9.98. The van der Waals surface area contributed by atoms with Gasteiger partial charge in [0.1, 0.15) is 5.75 Å². The Morgan fingerprint density at radius 1 is 0.871 bits per heavy atom. The van der Waals surface area contributed by atoms with Gasteiger partial charge in [0.25, 0.3) is 5.91 Å². The van der Waals surface area contributed by atoms with Crippen LogP contribution in [0.5, 0.6) is 5.75 Å². The molecule has 5 heteroatoms. The molecule has 0 bridgehead atoms. The van der Waals surface area contributed by atoms with Crippen LogP contribution in [0.2, 0.25) is 0 Å². The minimum atomic E-state index is -0.281. The number of rotatable bonds is 9. The van der Waals surface area contributed by atoms with Crippen molar-refractivity contribution in [3.63, 3.8) is 0 Å².